The third-order valence-corrected chi connectivity index (χ3v) is 4.62. The fourth-order valence-corrected chi connectivity index (χ4v) is 3.12. The summed E-state index contributed by atoms with van der Waals surface area (Å²) >= 11 is 3.57. The van der Waals surface area contributed by atoms with Crippen molar-refractivity contribution in [2.24, 2.45) is 5.73 Å². The molecule has 1 atom stereocenters. The quantitative estimate of drug-likeness (QED) is 0.817. The molecule has 1 saturated heterocycles. The molecule has 0 aliphatic carbocycles. The van der Waals surface area contributed by atoms with Gasteiger partial charge in [0.2, 0.25) is 0 Å². The molecule has 2 N–H and O–H groups in total. The van der Waals surface area contributed by atoms with Crippen molar-refractivity contribution >= 4 is 15.9 Å². The first-order valence-electron chi connectivity index (χ1n) is 6.96. The number of hydrogen-bond acceptors (Lipinski definition) is 3. The van der Waals surface area contributed by atoms with Crippen LogP contribution < -0.4 is 5.73 Å². The average Bonchev–Trinajstić information content (AvgIpc) is 2.81. The molecule has 4 heteroatoms. The van der Waals surface area contributed by atoms with E-state index in [1.54, 1.807) is 0 Å². The Kier molecular flexibility index (Phi) is 5.82. The van der Waals surface area contributed by atoms with Gasteiger partial charge < -0.3 is 15.4 Å². The SMILES string of the molecule is CN1CCCC1CCOCc1ccc(CN)cc1Br. The summed E-state index contributed by atoms with van der Waals surface area (Å²) in [6.07, 6.45) is 3.77. The monoisotopic (exact) mass is 326 g/mol. The van der Waals surface area contributed by atoms with Crippen molar-refractivity contribution < 1.29 is 4.74 Å². The van der Waals surface area contributed by atoms with Crippen molar-refractivity contribution in [1.29, 1.82) is 0 Å². The summed E-state index contributed by atoms with van der Waals surface area (Å²) in [4.78, 5) is 2.44. The van der Waals surface area contributed by atoms with Gasteiger partial charge in [-0.2, -0.15) is 0 Å². The lowest BCUT2D eigenvalue weighted by atomic mass is 10.1. The molecule has 2 rings (SSSR count). The van der Waals surface area contributed by atoms with Crippen molar-refractivity contribution in [2.75, 3.05) is 20.2 Å². The molecule has 1 aromatic rings. The highest BCUT2D eigenvalue weighted by Gasteiger charge is 2.19. The second-order valence-corrected chi connectivity index (χ2v) is 6.10. The Morgan fingerprint density at radius 1 is 1.47 bits per heavy atom. The minimum atomic E-state index is 0.577. The van der Waals surface area contributed by atoms with Gasteiger partial charge in [0.15, 0.2) is 0 Å². The van der Waals surface area contributed by atoms with E-state index in [4.69, 9.17) is 10.5 Å². The van der Waals surface area contributed by atoms with Crippen LogP contribution in [0.25, 0.3) is 0 Å². The zero-order valence-corrected chi connectivity index (χ0v) is 13.2. The van der Waals surface area contributed by atoms with E-state index < -0.39 is 0 Å². The minimum absolute atomic E-state index is 0.577. The van der Waals surface area contributed by atoms with E-state index in [0.717, 1.165) is 23.1 Å². The van der Waals surface area contributed by atoms with Gasteiger partial charge in [-0.25, -0.2) is 0 Å². The van der Waals surface area contributed by atoms with E-state index in [-0.39, 0.29) is 0 Å². The molecule has 1 heterocycles. The molecule has 0 amide bonds. The summed E-state index contributed by atoms with van der Waals surface area (Å²) in [5.41, 5.74) is 7.95. The van der Waals surface area contributed by atoms with Crippen LogP contribution >= 0.6 is 15.9 Å². The topological polar surface area (TPSA) is 38.5 Å². The van der Waals surface area contributed by atoms with E-state index in [1.807, 2.05) is 0 Å². The van der Waals surface area contributed by atoms with Crippen LogP contribution in [0.1, 0.15) is 30.4 Å². The number of nitrogens with zero attached hydrogens (tertiary/aromatic N) is 1. The molecular formula is C15H23BrN2O. The summed E-state index contributed by atoms with van der Waals surface area (Å²) < 4.78 is 6.89. The van der Waals surface area contributed by atoms with Gasteiger partial charge in [-0.1, -0.05) is 28.1 Å². The van der Waals surface area contributed by atoms with Crippen LogP contribution in [0.3, 0.4) is 0 Å². The van der Waals surface area contributed by atoms with Crippen LogP contribution in [0.4, 0.5) is 0 Å². The number of ether oxygens (including phenoxy) is 1. The van der Waals surface area contributed by atoms with Crippen molar-refractivity contribution in [2.45, 2.75) is 38.5 Å². The number of nitrogens with two attached hydrogens (primary N) is 1. The highest BCUT2D eigenvalue weighted by atomic mass is 79.9. The first-order chi connectivity index (χ1) is 9.20. The van der Waals surface area contributed by atoms with Crippen LogP contribution in [0.15, 0.2) is 22.7 Å². The van der Waals surface area contributed by atoms with Crippen LogP contribution in [0.2, 0.25) is 0 Å². The fourth-order valence-electron chi connectivity index (χ4n) is 2.58. The summed E-state index contributed by atoms with van der Waals surface area (Å²) in [5.74, 6) is 0. The molecule has 1 aliphatic heterocycles. The maximum Gasteiger partial charge on any atom is 0.0727 e. The Bertz CT molecular complexity index is 411. The van der Waals surface area contributed by atoms with Crippen LogP contribution in [-0.2, 0) is 17.9 Å². The fraction of sp³-hybridized carbons (Fsp3) is 0.600. The number of halogens is 1. The van der Waals surface area contributed by atoms with Crippen molar-refractivity contribution in [3.05, 3.63) is 33.8 Å². The molecule has 1 aliphatic rings. The molecule has 106 valence electrons. The summed E-state index contributed by atoms with van der Waals surface area (Å²) in [7, 11) is 2.21. The molecule has 1 aromatic carbocycles. The third-order valence-electron chi connectivity index (χ3n) is 3.88. The normalized spacial score (nSPS) is 20.1. The first-order valence-corrected chi connectivity index (χ1v) is 7.75. The molecule has 19 heavy (non-hydrogen) atoms. The lowest BCUT2D eigenvalue weighted by Crippen LogP contribution is -2.26. The molecule has 0 radical (unpaired) electrons. The van der Waals surface area contributed by atoms with Gasteiger partial charge in [0.1, 0.15) is 0 Å². The lowest BCUT2D eigenvalue weighted by Gasteiger charge is -2.19. The number of likely N-dealkylation sites (tertiary alicyclic amines) is 1. The number of rotatable bonds is 6. The van der Waals surface area contributed by atoms with Gasteiger partial charge in [0.05, 0.1) is 6.61 Å². The molecule has 0 spiro atoms. The van der Waals surface area contributed by atoms with Gasteiger partial charge in [-0.3, -0.25) is 0 Å². The number of benzene rings is 1. The second-order valence-electron chi connectivity index (χ2n) is 5.25. The summed E-state index contributed by atoms with van der Waals surface area (Å²) in [6, 6.07) is 6.94. The van der Waals surface area contributed by atoms with Gasteiger partial charge in [0.25, 0.3) is 0 Å². The van der Waals surface area contributed by atoms with Gasteiger partial charge >= 0.3 is 0 Å². The molecule has 1 unspecified atom stereocenters. The highest BCUT2D eigenvalue weighted by molar-refractivity contribution is 9.10. The van der Waals surface area contributed by atoms with E-state index >= 15 is 0 Å². The predicted octanol–water partition coefficient (Wildman–Crippen LogP) is 2.91. The average molecular weight is 327 g/mol. The largest absolute Gasteiger partial charge is 0.377 e. The zero-order chi connectivity index (χ0) is 13.7. The molecule has 3 nitrogen and oxygen atoms in total. The lowest BCUT2D eigenvalue weighted by molar-refractivity contribution is 0.101. The molecule has 0 aromatic heterocycles. The predicted molar refractivity (Wildman–Crippen MR) is 82.0 cm³/mol. The maximum absolute atomic E-state index is 5.80. The Labute approximate surface area is 124 Å². The molecule has 1 fully saturated rings. The van der Waals surface area contributed by atoms with Gasteiger partial charge in [-0.15, -0.1) is 0 Å². The van der Waals surface area contributed by atoms with Crippen LogP contribution in [0.5, 0.6) is 0 Å². The van der Waals surface area contributed by atoms with Crippen molar-refractivity contribution in [3.63, 3.8) is 0 Å². The number of hydrogen-bond donors (Lipinski definition) is 1. The summed E-state index contributed by atoms with van der Waals surface area (Å²) in [5, 5.41) is 0. The van der Waals surface area contributed by atoms with E-state index in [2.05, 4.69) is 46.1 Å². The highest BCUT2D eigenvalue weighted by Crippen LogP contribution is 2.21. The zero-order valence-electron chi connectivity index (χ0n) is 11.6. The smallest absolute Gasteiger partial charge is 0.0727 e. The Morgan fingerprint density at radius 2 is 2.32 bits per heavy atom. The Hall–Kier alpha value is -0.420. The Balaban J connectivity index is 1.73. The summed E-state index contributed by atoms with van der Waals surface area (Å²) in [6.45, 7) is 3.31. The molecule has 0 saturated carbocycles. The van der Waals surface area contributed by atoms with Crippen molar-refractivity contribution in [3.8, 4) is 0 Å². The first kappa shape index (κ1) is 15.0. The van der Waals surface area contributed by atoms with E-state index in [1.165, 1.54) is 24.9 Å². The minimum Gasteiger partial charge on any atom is -0.377 e. The van der Waals surface area contributed by atoms with E-state index in [9.17, 15) is 0 Å². The standard InChI is InChI=1S/C15H23BrN2O/c1-18-7-2-3-14(18)6-8-19-11-13-5-4-12(10-17)9-15(13)16/h4-5,9,14H,2-3,6-8,10-11,17H2,1H3. The van der Waals surface area contributed by atoms with Crippen LogP contribution in [-0.4, -0.2) is 31.1 Å². The molecule has 0 bridgehead atoms. The Morgan fingerprint density at radius 3 is 2.95 bits per heavy atom. The maximum atomic E-state index is 5.80. The molecular weight excluding hydrogens is 304 g/mol. The van der Waals surface area contributed by atoms with Gasteiger partial charge in [-0.05, 0) is 50.0 Å². The third kappa shape index (κ3) is 4.28. The van der Waals surface area contributed by atoms with E-state index in [0.29, 0.717) is 19.2 Å². The van der Waals surface area contributed by atoms with Crippen LogP contribution in [0, 0.1) is 0 Å². The van der Waals surface area contributed by atoms with Gasteiger partial charge in [0, 0.05) is 23.7 Å². The van der Waals surface area contributed by atoms with Crippen molar-refractivity contribution in [1.82, 2.24) is 4.90 Å². The second kappa shape index (κ2) is 7.39.